The molecule has 0 saturated carbocycles. The minimum absolute atomic E-state index is 0.164. The summed E-state index contributed by atoms with van der Waals surface area (Å²) in [6.07, 6.45) is 8.11. The Morgan fingerprint density at radius 2 is 2.06 bits per heavy atom. The van der Waals surface area contributed by atoms with Gasteiger partial charge in [-0.05, 0) is 25.3 Å². The monoisotopic (exact) mass is 244 g/mol. The van der Waals surface area contributed by atoms with Crippen molar-refractivity contribution < 1.29 is 13.2 Å². The maximum absolute atomic E-state index is 11.9. The average Bonchev–Trinajstić information content (AvgIpc) is 2.25. The van der Waals surface area contributed by atoms with E-state index in [0.717, 1.165) is 19.3 Å². The minimum Gasteiger partial charge on any atom is -0.293 e. The van der Waals surface area contributed by atoms with Crippen LogP contribution in [-0.2, 0) is 14.6 Å². The summed E-state index contributed by atoms with van der Waals surface area (Å²) in [6, 6.07) is 0. The lowest BCUT2D eigenvalue weighted by Crippen LogP contribution is -2.32. The highest BCUT2D eigenvalue weighted by Gasteiger charge is 2.31. The van der Waals surface area contributed by atoms with Crippen molar-refractivity contribution in [3.63, 3.8) is 0 Å². The lowest BCUT2D eigenvalue weighted by molar-refractivity contribution is -0.114. The number of allylic oxidation sites excluding steroid dienone is 2. The van der Waals surface area contributed by atoms with Crippen LogP contribution in [0.1, 0.15) is 45.4 Å². The van der Waals surface area contributed by atoms with Crippen molar-refractivity contribution in [1.29, 1.82) is 0 Å². The van der Waals surface area contributed by atoms with Crippen LogP contribution < -0.4 is 0 Å². The van der Waals surface area contributed by atoms with E-state index >= 15 is 0 Å². The van der Waals surface area contributed by atoms with Gasteiger partial charge in [-0.15, -0.1) is 0 Å². The normalized spacial score (nSPS) is 21.3. The summed E-state index contributed by atoms with van der Waals surface area (Å²) in [5.41, 5.74) is 0. The van der Waals surface area contributed by atoms with E-state index in [9.17, 15) is 13.2 Å². The molecular formula is C12H20O3S. The molecule has 0 saturated heterocycles. The van der Waals surface area contributed by atoms with Crippen molar-refractivity contribution >= 4 is 15.6 Å². The van der Waals surface area contributed by atoms with E-state index in [1.165, 1.54) is 6.08 Å². The highest BCUT2D eigenvalue weighted by atomic mass is 32.2. The predicted octanol–water partition coefficient (Wildman–Crippen LogP) is 2.27. The highest BCUT2D eigenvalue weighted by Crippen LogP contribution is 2.18. The molecule has 0 bridgehead atoms. The summed E-state index contributed by atoms with van der Waals surface area (Å²) in [5.74, 6) is -0.0706. The van der Waals surface area contributed by atoms with E-state index in [0.29, 0.717) is 19.3 Å². The first kappa shape index (κ1) is 13.4. The second-order valence-electron chi connectivity index (χ2n) is 4.30. The Labute approximate surface area is 97.8 Å². The third-order valence-electron chi connectivity index (χ3n) is 2.91. The molecule has 1 atom stereocenters. The van der Waals surface area contributed by atoms with Crippen LogP contribution in [0, 0.1) is 0 Å². The van der Waals surface area contributed by atoms with Gasteiger partial charge in [0.25, 0.3) is 0 Å². The lowest BCUT2D eigenvalue weighted by atomic mass is 10.1. The maximum Gasteiger partial charge on any atom is 0.173 e. The zero-order chi connectivity index (χ0) is 12.0. The molecular weight excluding hydrogens is 224 g/mol. The number of ketones is 1. The van der Waals surface area contributed by atoms with Crippen LogP contribution in [0.3, 0.4) is 0 Å². The molecule has 16 heavy (non-hydrogen) atoms. The average molecular weight is 244 g/mol. The van der Waals surface area contributed by atoms with Crippen LogP contribution in [0.15, 0.2) is 12.2 Å². The van der Waals surface area contributed by atoms with E-state index < -0.39 is 15.1 Å². The Bertz CT molecular complexity index is 354. The Morgan fingerprint density at radius 1 is 1.31 bits per heavy atom. The first-order valence-corrected chi connectivity index (χ1v) is 7.71. The molecule has 92 valence electrons. The van der Waals surface area contributed by atoms with Gasteiger partial charge in [0.15, 0.2) is 15.6 Å². The van der Waals surface area contributed by atoms with Crippen LogP contribution in [0.25, 0.3) is 0 Å². The number of carbonyl (C=O) groups is 1. The molecule has 0 amide bonds. The smallest absolute Gasteiger partial charge is 0.173 e. The SMILES string of the molecule is CCCCCCS(=O)(=O)C1CCC=CC1=O. The first-order chi connectivity index (χ1) is 7.58. The van der Waals surface area contributed by atoms with Crippen molar-refractivity contribution in [2.75, 3.05) is 5.75 Å². The molecule has 1 aliphatic rings. The molecule has 0 spiro atoms. The zero-order valence-corrected chi connectivity index (χ0v) is 10.6. The minimum atomic E-state index is -3.21. The molecule has 0 aromatic rings. The summed E-state index contributed by atoms with van der Waals surface area (Å²) in [6.45, 7) is 2.09. The summed E-state index contributed by atoms with van der Waals surface area (Å²) in [7, 11) is -3.21. The highest BCUT2D eigenvalue weighted by molar-refractivity contribution is 7.92. The van der Waals surface area contributed by atoms with Gasteiger partial charge in [0, 0.05) is 0 Å². The van der Waals surface area contributed by atoms with Crippen molar-refractivity contribution in [3.8, 4) is 0 Å². The molecule has 0 fully saturated rings. The summed E-state index contributed by atoms with van der Waals surface area (Å²) < 4.78 is 23.8. The van der Waals surface area contributed by atoms with Gasteiger partial charge in [-0.1, -0.05) is 32.3 Å². The van der Waals surface area contributed by atoms with Crippen LogP contribution >= 0.6 is 0 Å². The summed E-state index contributed by atoms with van der Waals surface area (Å²) in [4.78, 5) is 11.5. The number of rotatable bonds is 6. The van der Waals surface area contributed by atoms with Crippen LogP contribution in [-0.4, -0.2) is 25.2 Å². The van der Waals surface area contributed by atoms with Gasteiger partial charge < -0.3 is 0 Å². The van der Waals surface area contributed by atoms with Gasteiger partial charge in [-0.25, -0.2) is 8.42 Å². The second-order valence-corrected chi connectivity index (χ2v) is 6.60. The largest absolute Gasteiger partial charge is 0.293 e. The molecule has 1 aliphatic carbocycles. The number of sulfone groups is 1. The number of hydrogen-bond acceptors (Lipinski definition) is 3. The topological polar surface area (TPSA) is 51.2 Å². The molecule has 0 radical (unpaired) electrons. The molecule has 3 nitrogen and oxygen atoms in total. The van der Waals surface area contributed by atoms with Gasteiger partial charge in [-0.2, -0.15) is 0 Å². The molecule has 0 aromatic heterocycles. The lowest BCUT2D eigenvalue weighted by Gasteiger charge is -2.16. The number of carbonyl (C=O) groups excluding carboxylic acids is 1. The van der Waals surface area contributed by atoms with E-state index in [1.54, 1.807) is 6.08 Å². The van der Waals surface area contributed by atoms with E-state index in [4.69, 9.17) is 0 Å². The van der Waals surface area contributed by atoms with E-state index in [-0.39, 0.29) is 11.5 Å². The molecule has 0 heterocycles. The quantitative estimate of drug-likeness (QED) is 0.673. The molecule has 0 aromatic carbocycles. The van der Waals surface area contributed by atoms with E-state index in [2.05, 4.69) is 6.92 Å². The zero-order valence-electron chi connectivity index (χ0n) is 9.81. The van der Waals surface area contributed by atoms with Crippen LogP contribution in [0.2, 0.25) is 0 Å². The summed E-state index contributed by atoms with van der Waals surface area (Å²) >= 11 is 0. The first-order valence-electron chi connectivity index (χ1n) is 6.00. The van der Waals surface area contributed by atoms with Gasteiger partial charge in [-0.3, -0.25) is 4.79 Å². The van der Waals surface area contributed by atoms with Crippen molar-refractivity contribution in [1.82, 2.24) is 0 Å². The Balaban J connectivity index is 2.50. The Kier molecular flexibility index (Phi) is 5.19. The fourth-order valence-electron chi connectivity index (χ4n) is 1.93. The molecule has 1 rings (SSSR count). The van der Waals surface area contributed by atoms with Crippen molar-refractivity contribution in [2.45, 2.75) is 50.7 Å². The predicted molar refractivity (Wildman–Crippen MR) is 65.1 cm³/mol. The number of unbranched alkanes of at least 4 members (excludes halogenated alkanes) is 3. The van der Waals surface area contributed by atoms with Gasteiger partial charge in [0.2, 0.25) is 0 Å². The molecule has 0 N–H and O–H groups in total. The standard InChI is InChI=1S/C12H20O3S/c1-2-3-4-7-10-16(14,15)12-9-6-5-8-11(12)13/h5,8,12H,2-4,6-7,9-10H2,1H3. The molecule has 1 unspecified atom stereocenters. The van der Waals surface area contributed by atoms with Crippen LogP contribution in [0.4, 0.5) is 0 Å². The third kappa shape index (κ3) is 3.74. The van der Waals surface area contributed by atoms with Crippen molar-refractivity contribution in [2.24, 2.45) is 0 Å². The fourth-order valence-corrected chi connectivity index (χ4v) is 3.74. The van der Waals surface area contributed by atoms with Crippen molar-refractivity contribution in [3.05, 3.63) is 12.2 Å². The second kappa shape index (κ2) is 6.18. The third-order valence-corrected chi connectivity index (χ3v) is 5.10. The maximum atomic E-state index is 11.9. The molecule has 0 aliphatic heterocycles. The van der Waals surface area contributed by atoms with Gasteiger partial charge in [0.05, 0.1) is 5.75 Å². The van der Waals surface area contributed by atoms with Crippen LogP contribution in [0.5, 0.6) is 0 Å². The number of hydrogen-bond donors (Lipinski definition) is 0. The molecule has 4 heteroatoms. The summed E-state index contributed by atoms with van der Waals surface area (Å²) in [5, 5.41) is -0.765. The Morgan fingerprint density at radius 3 is 2.69 bits per heavy atom. The fraction of sp³-hybridized carbons (Fsp3) is 0.750. The Hall–Kier alpha value is -0.640. The van der Waals surface area contributed by atoms with E-state index in [1.807, 2.05) is 0 Å². The van der Waals surface area contributed by atoms with Gasteiger partial charge in [0.1, 0.15) is 5.25 Å². The van der Waals surface area contributed by atoms with Gasteiger partial charge >= 0.3 is 0 Å².